The van der Waals surface area contributed by atoms with Crippen LogP contribution in [-0.2, 0) is 18.4 Å². The van der Waals surface area contributed by atoms with E-state index in [0.717, 1.165) is 5.82 Å². The molecule has 0 amide bonds. The molecule has 0 atom stereocenters. The Labute approximate surface area is 70.0 Å². The molecular weight excluding hydrogens is 158 g/mol. The van der Waals surface area contributed by atoms with Gasteiger partial charge >= 0.3 is 5.97 Å². The zero-order valence-corrected chi connectivity index (χ0v) is 6.82. The number of aliphatic carboxylic acids is 1. The SMILES string of the molecule is Cn1ccnc1CNCC(=O)O. The number of rotatable bonds is 4. The molecule has 0 aliphatic carbocycles. The second-order valence-electron chi connectivity index (χ2n) is 2.45. The number of hydrogen-bond acceptors (Lipinski definition) is 3. The molecule has 0 fully saturated rings. The van der Waals surface area contributed by atoms with Gasteiger partial charge in [0, 0.05) is 19.4 Å². The van der Waals surface area contributed by atoms with Crippen LogP contribution in [0.4, 0.5) is 0 Å². The van der Waals surface area contributed by atoms with Gasteiger partial charge in [0.05, 0.1) is 13.1 Å². The van der Waals surface area contributed by atoms with Crippen molar-refractivity contribution in [2.75, 3.05) is 6.54 Å². The summed E-state index contributed by atoms with van der Waals surface area (Å²) in [6.07, 6.45) is 3.50. The van der Waals surface area contributed by atoms with E-state index >= 15 is 0 Å². The van der Waals surface area contributed by atoms with E-state index in [4.69, 9.17) is 5.11 Å². The quantitative estimate of drug-likeness (QED) is 0.643. The van der Waals surface area contributed by atoms with Gasteiger partial charge in [-0.25, -0.2) is 4.98 Å². The van der Waals surface area contributed by atoms with E-state index in [2.05, 4.69) is 10.3 Å². The van der Waals surface area contributed by atoms with Gasteiger partial charge in [-0.05, 0) is 0 Å². The Morgan fingerprint density at radius 3 is 3.08 bits per heavy atom. The molecule has 1 rings (SSSR count). The van der Waals surface area contributed by atoms with E-state index in [1.165, 1.54) is 0 Å². The van der Waals surface area contributed by atoms with Crippen LogP contribution >= 0.6 is 0 Å². The molecule has 5 heteroatoms. The zero-order valence-electron chi connectivity index (χ0n) is 6.82. The third-order valence-electron chi connectivity index (χ3n) is 1.48. The van der Waals surface area contributed by atoms with E-state index in [1.54, 1.807) is 6.20 Å². The second-order valence-corrected chi connectivity index (χ2v) is 2.45. The number of carboxylic acids is 1. The fourth-order valence-electron chi connectivity index (χ4n) is 0.848. The Morgan fingerprint density at radius 2 is 2.58 bits per heavy atom. The van der Waals surface area contributed by atoms with Crippen molar-refractivity contribution < 1.29 is 9.90 Å². The molecule has 2 N–H and O–H groups in total. The van der Waals surface area contributed by atoms with Crippen molar-refractivity contribution in [2.45, 2.75) is 6.54 Å². The van der Waals surface area contributed by atoms with Crippen LogP contribution in [0.3, 0.4) is 0 Å². The molecule has 1 heterocycles. The highest BCUT2D eigenvalue weighted by atomic mass is 16.4. The van der Waals surface area contributed by atoms with E-state index < -0.39 is 5.97 Å². The average molecular weight is 169 g/mol. The van der Waals surface area contributed by atoms with Gasteiger partial charge in [0.2, 0.25) is 0 Å². The molecule has 0 aliphatic rings. The lowest BCUT2D eigenvalue weighted by Gasteiger charge is -2.01. The van der Waals surface area contributed by atoms with Crippen LogP contribution in [0.2, 0.25) is 0 Å². The maximum Gasteiger partial charge on any atom is 0.317 e. The van der Waals surface area contributed by atoms with Crippen LogP contribution in [0.15, 0.2) is 12.4 Å². The predicted molar refractivity (Wildman–Crippen MR) is 42.6 cm³/mol. The van der Waals surface area contributed by atoms with Gasteiger partial charge in [-0.2, -0.15) is 0 Å². The molecular formula is C7H11N3O2. The Kier molecular flexibility index (Phi) is 2.82. The first-order valence-electron chi connectivity index (χ1n) is 3.59. The summed E-state index contributed by atoms with van der Waals surface area (Å²) in [6, 6.07) is 0. The molecule has 1 aromatic heterocycles. The van der Waals surface area contributed by atoms with Crippen LogP contribution in [0, 0.1) is 0 Å². The number of carbonyl (C=O) groups is 1. The number of aromatic nitrogens is 2. The third-order valence-corrected chi connectivity index (χ3v) is 1.48. The van der Waals surface area contributed by atoms with Crippen molar-refractivity contribution >= 4 is 5.97 Å². The van der Waals surface area contributed by atoms with Crippen molar-refractivity contribution in [1.82, 2.24) is 14.9 Å². The number of nitrogens with one attached hydrogen (secondary N) is 1. The fourth-order valence-corrected chi connectivity index (χ4v) is 0.848. The molecule has 0 aliphatic heterocycles. The van der Waals surface area contributed by atoms with E-state index in [0.29, 0.717) is 6.54 Å². The van der Waals surface area contributed by atoms with Gasteiger partial charge in [0.1, 0.15) is 5.82 Å². The second kappa shape index (κ2) is 3.87. The van der Waals surface area contributed by atoms with Crippen LogP contribution in [0.5, 0.6) is 0 Å². The topological polar surface area (TPSA) is 67.2 Å². The van der Waals surface area contributed by atoms with Crippen LogP contribution in [-0.4, -0.2) is 27.2 Å². The van der Waals surface area contributed by atoms with Crippen molar-refractivity contribution in [1.29, 1.82) is 0 Å². The summed E-state index contributed by atoms with van der Waals surface area (Å²) < 4.78 is 1.84. The van der Waals surface area contributed by atoms with E-state index in [-0.39, 0.29) is 6.54 Å². The number of hydrogen-bond donors (Lipinski definition) is 2. The van der Waals surface area contributed by atoms with Crippen LogP contribution in [0.1, 0.15) is 5.82 Å². The van der Waals surface area contributed by atoms with E-state index in [1.807, 2.05) is 17.8 Å². The van der Waals surface area contributed by atoms with Gasteiger partial charge < -0.3 is 9.67 Å². The number of nitrogens with zero attached hydrogens (tertiary/aromatic N) is 2. The average Bonchev–Trinajstić information content (AvgIpc) is 2.36. The highest BCUT2D eigenvalue weighted by Crippen LogP contribution is 1.91. The Morgan fingerprint density at radius 1 is 1.83 bits per heavy atom. The summed E-state index contributed by atoms with van der Waals surface area (Å²) >= 11 is 0. The minimum Gasteiger partial charge on any atom is -0.480 e. The summed E-state index contributed by atoms with van der Waals surface area (Å²) in [6.45, 7) is 0.447. The number of imidazole rings is 1. The lowest BCUT2D eigenvalue weighted by atomic mass is 10.5. The molecule has 12 heavy (non-hydrogen) atoms. The zero-order chi connectivity index (χ0) is 8.97. The molecule has 0 aromatic carbocycles. The van der Waals surface area contributed by atoms with Gasteiger partial charge in [-0.3, -0.25) is 10.1 Å². The summed E-state index contributed by atoms with van der Waals surface area (Å²) in [5, 5.41) is 11.1. The first-order valence-corrected chi connectivity index (χ1v) is 3.59. The normalized spacial score (nSPS) is 10.1. The number of carboxylic acid groups (broad SMARTS) is 1. The third kappa shape index (κ3) is 2.35. The highest BCUT2D eigenvalue weighted by Gasteiger charge is 1.99. The van der Waals surface area contributed by atoms with E-state index in [9.17, 15) is 4.79 Å². The standard InChI is InChI=1S/C7H11N3O2/c1-10-3-2-9-6(10)4-8-5-7(11)12/h2-3,8H,4-5H2,1H3,(H,11,12). The minimum atomic E-state index is -0.857. The Bertz CT molecular complexity index is 269. The van der Waals surface area contributed by atoms with Crippen LogP contribution in [0.25, 0.3) is 0 Å². The first-order chi connectivity index (χ1) is 5.70. The molecule has 0 saturated carbocycles. The van der Waals surface area contributed by atoms with Crippen molar-refractivity contribution in [2.24, 2.45) is 7.05 Å². The highest BCUT2D eigenvalue weighted by molar-refractivity contribution is 5.68. The van der Waals surface area contributed by atoms with Crippen molar-refractivity contribution in [3.05, 3.63) is 18.2 Å². The largest absolute Gasteiger partial charge is 0.480 e. The molecule has 66 valence electrons. The van der Waals surface area contributed by atoms with Crippen molar-refractivity contribution in [3.63, 3.8) is 0 Å². The summed E-state index contributed by atoms with van der Waals surface area (Å²) in [5.41, 5.74) is 0. The molecule has 0 bridgehead atoms. The minimum absolute atomic E-state index is 0.0349. The first kappa shape index (κ1) is 8.73. The molecule has 0 unspecified atom stereocenters. The van der Waals surface area contributed by atoms with Gasteiger partial charge in [-0.15, -0.1) is 0 Å². The maximum absolute atomic E-state index is 10.1. The predicted octanol–water partition coefficient (Wildman–Crippen LogP) is -0.406. The lowest BCUT2D eigenvalue weighted by Crippen LogP contribution is -2.23. The Balaban J connectivity index is 2.33. The molecule has 5 nitrogen and oxygen atoms in total. The molecule has 1 aromatic rings. The van der Waals surface area contributed by atoms with Gasteiger partial charge in [0.15, 0.2) is 0 Å². The van der Waals surface area contributed by atoms with Crippen LogP contribution < -0.4 is 5.32 Å². The summed E-state index contributed by atoms with van der Waals surface area (Å²) in [7, 11) is 1.87. The maximum atomic E-state index is 10.1. The molecule has 0 saturated heterocycles. The van der Waals surface area contributed by atoms with Gasteiger partial charge in [0.25, 0.3) is 0 Å². The number of aryl methyl sites for hydroxylation is 1. The lowest BCUT2D eigenvalue weighted by molar-refractivity contribution is -0.136. The molecule has 0 spiro atoms. The Hall–Kier alpha value is -1.36. The monoisotopic (exact) mass is 169 g/mol. The fraction of sp³-hybridized carbons (Fsp3) is 0.429. The molecule has 0 radical (unpaired) electrons. The smallest absolute Gasteiger partial charge is 0.317 e. The van der Waals surface area contributed by atoms with Crippen molar-refractivity contribution in [3.8, 4) is 0 Å². The summed E-state index contributed by atoms with van der Waals surface area (Å²) in [4.78, 5) is 14.1. The van der Waals surface area contributed by atoms with Gasteiger partial charge in [-0.1, -0.05) is 0 Å². The summed E-state index contributed by atoms with van der Waals surface area (Å²) in [5.74, 6) is -0.0274.